The van der Waals surface area contributed by atoms with Crippen LogP contribution >= 0.6 is 0 Å². The third kappa shape index (κ3) is 7.30. The van der Waals surface area contributed by atoms with Crippen LogP contribution in [0.15, 0.2) is 35.6 Å². The van der Waals surface area contributed by atoms with Gasteiger partial charge in [0, 0.05) is 18.8 Å². The highest BCUT2D eigenvalue weighted by Gasteiger charge is 2.39. The number of nitrogens with zero attached hydrogens (tertiary/aromatic N) is 2. The van der Waals surface area contributed by atoms with Gasteiger partial charge >= 0.3 is 13.0 Å². The predicted octanol–water partition coefficient (Wildman–Crippen LogP) is 3.60. The zero-order chi connectivity index (χ0) is 23.6. The number of hydrogen-bond donors (Lipinski definition) is 3. The molecule has 2 aliphatic heterocycles. The topological polar surface area (TPSA) is 117 Å². The minimum Gasteiger partial charge on any atom is -0.536 e. The molecule has 1 saturated heterocycles. The van der Waals surface area contributed by atoms with Crippen LogP contribution in [0.2, 0.25) is 0 Å². The molecule has 1 aromatic rings. The summed E-state index contributed by atoms with van der Waals surface area (Å²) in [5.74, 6) is -0.538. The second-order valence-electron chi connectivity index (χ2n) is 9.30. The number of benzene rings is 1. The highest BCUT2D eigenvalue weighted by molar-refractivity contribution is 6.53. The minimum absolute atomic E-state index is 0.0504. The fraction of sp³-hybridized carbons (Fsp3) is 0.625. The minimum atomic E-state index is -1.08. The maximum atomic E-state index is 11.4. The summed E-state index contributed by atoms with van der Waals surface area (Å²) in [4.78, 5) is 25.1. The van der Waals surface area contributed by atoms with Gasteiger partial charge in [0.05, 0.1) is 11.5 Å². The maximum Gasteiger partial charge on any atom is 0.570 e. The molecule has 3 aliphatic rings. The van der Waals surface area contributed by atoms with Crippen LogP contribution in [0.5, 0.6) is 5.75 Å². The van der Waals surface area contributed by atoms with Crippen LogP contribution in [0.25, 0.3) is 0 Å². The molecule has 180 valence electrons. The van der Waals surface area contributed by atoms with E-state index in [1.54, 1.807) is 6.07 Å². The molecule has 0 amide bonds. The van der Waals surface area contributed by atoms with Crippen molar-refractivity contribution in [3.05, 3.63) is 46.5 Å². The van der Waals surface area contributed by atoms with Crippen molar-refractivity contribution >= 4 is 13.0 Å². The maximum absolute atomic E-state index is 11.4. The van der Waals surface area contributed by atoms with Crippen molar-refractivity contribution in [2.45, 2.75) is 63.7 Å². The van der Waals surface area contributed by atoms with E-state index in [0.29, 0.717) is 18.9 Å². The van der Waals surface area contributed by atoms with Gasteiger partial charge in [0.25, 0.3) is 0 Å². The Bertz CT molecular complexity index is 806. The van der Waals surface area contributed by atoms with Gasteiger partial charge < -0.3 is 25.7 Å². The molecule has 0 radical (unpaired) electrons. The molecule has 1 saturated carbocycles. The average molecular weight is 456 g/mol. The number of nitrogens with two attached hydrogens (primary N) is 1. The lowest BCUT2D eigenvalue weighted by molar-refractivity contribution is 0.0694. The molecule has 4 rings (SSSR count). The van der Waals surface area contributed by atoms with Crippen molar-refractivity contribution in [2.75, 3.05) is 26.2 Å². The van der Waals surface area contributed by atoms with Crippen LogP contribution in [0.1, 0.15) is 67.3 Å². The van der Waals surface area contributed by atoms with Gasteiger partial charge in [0.1, 0.15) is 5.75 Å². The van der Waals surface area contributed by atoms with Crippen molar-refractivity contribution < 1.29 is 14.6 Å². The highest BCUT2D eigenvalue weighted by Crippen LogP contribution is 2.31. The van der Waals surface area contributed by atoms with Crippen molar-refractivity contribution in [1.29, 1.82) is 0 Å². The Morgan fingerprint density at radius 2 is 1.97 bits per heavy atom. The zero-order valence-corrected chi connectivity index (χ0v) is 19.5. The van der Waals surface area contributed by atoms with Gasteiger partial charge in [-0.3, -0.25) is 0 Å². The summed E-state index contributed by atoms with van der Waals surface area (Å²) >= 11 is 0. The van der Waals surface area contributed by atoms with E-state index in [1.807, 2.05) is 6.07 Å². The Kier molecular flexibility index (Phi) is 9.75. The molecule has 0 spiro atoms. The summed E-state index contributed by atoms with van der Waals surface area (Å²) in [6.45, 7) is 7.98. The quantitative estimate of drug-likeness (QED) is 0.384. The lowest BCUT2D eigenvalue weighted by Gasteiger charge is -2.32. The molecule has 1 atom stereocenters. The first-order valence-electron chi connectivity index (χ1n) is 12.2. The van der Waals surface area contributed by atoms with Crippen molar-refractivity contribution in [3.8, 4) is 5.75 Å². The zero-order valence-electron chi connectivity index (χ0n) is 19.5. The van der Waals surface area contributed by atoms with Crippen LogP contribution in [0.4, 0.5) is 0 Å². The first-order chi connectivity index (χ1) is 16.0. The van der Waals surface area contributed by atoms with Crippen LogP contribution < -0.4 is 15.7 Å². The summed E-state index contributed by atoms with van der Waals surface area (Å²) in [7, 11) is -0.987. The molecule has 9 heteroatoms. The van der Waals surface area contributed by atoms with Crippen LogP contribution in [-0.2, 0) is 6.42 Å². The number of fused-ring (bicyclic) bond motifs is 1. The van der Waals surface area contributed by atoms with Crippen molar-refractivity contribution in [1.82, 2.24) is 10.2 Å². The van der Waals surface area contributed by atoms with E-state index in [4.69, 9.17) is 10.4 Å². The monoisotopic (exact) mass is 456 g/mol. The number of carbonyl (C=O) groups is 1. The molecule has 1 aromatic carbocycles. The molecule has 33 heavy (non-hydrogen) atoms. The third-order valence-electron chi connectivity index (χ3n) is 6.85. The lowest BCUT2D eigenvalue weighted by atomic mass is 9.68. The Morgan fingerprint density at radius 3 is 2.55 bits per heavy atom. The van der Waals surface area contributed by atoms with E-state index < -0.39 is 13.0 Å². The smallest absolute Gasteiger partial charge is 0.536 e. The van der Waals surface area contributed by atoms with E-state index in [2.05, 4.69) is 21.9 Å². The fourth-order valence-electron chi connectivity index (χ4n) is 4.46. The van der Waals surface area contributed by atoms with E-state index in [0.717, 1.165) is 43.7 Å². The Morgan fingerprint density at radius 1 is 1.27 bits per heavy atom. The summed E-state index contributed by atoms with van der Waals surface area (Å²) in [5, 5.41) is 15.7. The number of likely N-dealkylation sites (tertiary alicyclic amines) is 1. The predicted molar refractivity (Wildman–Crippen MR) is 131 cm³/mol. The number of nitroso groups, excluding NO2 is 1. The van der Waals surface area contributed by atoms with E-state index >= 15 is 0 Å². The molecule has 0 aromatic heterocycles. The molecule has 2 heterocycles. The van der Waals surface area contributed by atoms with E-state index in [-0.39, 0.29) is 17.3 Å². The van der Waals surface area contributed by atoms with Gasteiger partial charge in [0.15, 0.2) is 0 Å². The van der Waals surface area contributed by atoms with Gasteiger partial charge in [-0.1, -0.05) is 49.5 Å². The summed E-state index contributed by atoms with van der Waals surface area (Å²) in [5.41, 5.74) is 7.28. The number of carboxylic acids is 1. The van der Waals surface area contributed by atoms with E-state index in [9.17, 15) is 14.8 Å². The average Bonchev–Trinajstić information content (AvgIpc) is 2.76. The highest BCUT2D eigenvalue weighted by atomic mass is 16.5. The molecule has 8 nitrogen and oxygen atoms in total. The molecule has 2 fully saturated rings. The number of para-hydroxylation sites is 1. The van der Waals surface area contributed by atoms with Gasteiger partial charge in [-0.15, -0.1) is 0 Å². The summed E-state index contributed by atoms with van der Waals surface area (Å²) in [6, 6.07) is 4.97. The van der Waals surface area contributed by atoms with E-state index in [1.165, 1.54) is 44.6 Å². The number of aromatic carboxylic acids is 1. The fourth-order valence-corrected chi connectivity index (χ4v) is 4.46. The molecule has 1 unspecified atom stereocenters. The lowest BCUT2D eigenvalue weighted by Crippen LogP contribution is -2.49. The molecule has 1 aliphatic carbocycles. The SMILES string of the molecule is C1CCC1.C=C(CCC1CCN(CCN)CC1)NC1Cc2cccc(C(=O)O)c2OB1N=O. The number of hydrogen-bond acceptors (Lipinski definition) is 7. The molecule has 4 N–H and O–H groups in total. The van der Waals surface area contributed by atoms with Crippen LogP contribution in [-0.4, -0.2) is 55.1 Å². The summed E-state index contributed by atoms with van der Waals surface area (Å²) in [6.07, 6.45) is 10.7. The number of piperidine rings is 1. The standard InChI is InChI=1S/C20H29BN4O4.C4H8/c1-14(5-6-15-7-10-25(11-8-15)12-9-22)23-18-13-16-3-2-4-17(20(26)27)19(16)29-21(18)24-28;1-2-4-3-1/h2-4,15,18,23H,1,5-13,22H2,(H,26,27);1-4H2. The Labute approximate surface area is 197 Å². The van der Waals surface area contributed by atoms with Gasteiger partial charge in [-0.05, 0) is 62.7 Å². The molecular formula is C24H37BN4O4. The normalized spacial score (nSPS) is 20.4. The van der Waals surface area contributed by atoms with Crippen LogP contribution in [0, 0.1) is 10.8 Å². The first-order valence-corrected chi connectivity index (χ1v) is 12.2. The second-order valence-corrected chi connectivity index (χ2v) is 9.30. The molecular weight excluding hydrogens is 419 g/mol. The van der Waals surface area contributed by atoms with Crippen molar-refractivity contribution in [2.24, 2.45) is 16.7 Å². The van der Waals surface area contributed by atoms with Gasteiger partial charge in [-0.2, -0.15) is 4.91 Å². The Balaban J connectivity index is 0.000000690. The van der Waals surface area contributed by atoms with Crippen molar-refractivity contribution in [3.63, 3.8) is 0 Å². The number of nitrogens with one attached hydrogen (secondary N) is 1. The Hall–Kier alpha value is -2.39. The first kappa shape index (κ1) is 25.2. The number of carboxylic acid groups (broad SMARTS) is 1. The van der Waals surface area contributed by atoms with Crippen LogP contribution in [0.3, 0.4) is 0 Å². The summed E-state index contributed by atoms with van der Waals surface area (Å²) < 4.78 is 5.64. The van der Waals surface area contributed by atoms with Gasteiger partial charge in [0.2, 0.25) is 0 Å². The second kappa shape index (κ2) is 12.7. The van der Waals surface area contributed by atoms with Gasteiger partial charge in [-0.25, -0.2) is 4.79 Å². The third-order valence-corrected chi connectivity index (χ3v) is 6.85. The number of allylic oxidation sites excluding steroid dienone is 1. The largest absolute Gasteiger partial charge is 0.570 e. The molecule has 0 bridgehead atoms. The number of rotatable bonds is 9.